The van der Waals surface area contributed by atoms with Gasteiger partial charge >= 0.3 is 0 Å². The van der Waals surface area contributed by atoms with Crippen LogP contribution in [0.15, 0.2) is 24.3 Å². The average Bonchev–Trinajstić information content (AvgIpc) is 2.97. The topological polar surface area (TPSA) is 32.5 Å². The van der Waals surface area contributed by atoms with Crippen LogP contribution in [0.4, 0.5) is 5.69 Å². The summed E-state index contributed by atoms with van der Waals surface area (Å²) in [5, 5.41) is 0. The molecule has 2 rings (SSSR count). The number of benzene rings is 1. The Morgan fingerprint density at radius 3 is 2.35 bits per heavy atom. The molecule has 1 aliphatic heterocycles. The SMILES string of the molecule is Cc1ccc(N(CCCN)CCCN2CCCC2)cc1. The van der Waals surface area contributed by atoms with Gasteiger partial charge in [0.2, 0.25) is 0 Å². The van der Waals surface area contributed by atoms with Crippen LogP contribution in [0.1, 0.15) is 31.2 Å². The van der Waals surface area contributed by atoms with Crippen LogP contribution in [-0.4, -0.2) is 44.2 Å². The summed E-state index contributed by atoms with van der Waals surface area (Å²) in [6.45, 7) is 8.96. The molecular formula is C17H29N3. The highest BCUT2D eigenvalue weighted by atomic mass is 15.2. The maximum atomic E-state index is 5.67. The molecule has 3 nitrogen and oxygen atoms in total. The van der Waals surface area contributed by atoms with Gasteiger partial charge in [0.1, 0.15) is 0 Å². The van der Waals surface area contributed by atoms with E-state index in [-0.39, 0.29) is 0 Å². The summed E-state index contributed by atoms with van der Waals surface area (Å²) in [5.74, 6) is 0. The van der Waals surface area contributed by atoms with E-state index in [0.29, 0.717) is 0 Å². The Morgan fingerprint density at radius 2 is 1.70 bits per heavy atom. The molecule has 0 amide bonds. The first-order valence-corrected chi connectivity index (χ1v) is 8.03. The lowest BCUT2D eigenvalue weighted by molar-refractivity contribution is 0.334. The smallest absolute Gasteiger partial charge is 0.0366 e. The zero-order valence-electron chi connectivity index (χ0n) is 12.9. The lowest BCUT2D eigenvalue weighted by atomic mass is 10.2. The lowest BCUT2D eigenvalue weighted by Crippen LogP contribution is -2.30. The molecule has 1 fully saturated rings. The number of aryl methyl sites for hydroxylation is 1. The zero-order valence-corrected chi connectivity index (χ0v) is 12.9. The molecule has 2 N–H and O–H groups in total. The molecule has 0 spiro atoms. The number of hydrogen-bond acceptors (Lipinski definition) is 3. The molecular weight excluding hydrogens is 246 g/mol. The van der Waals surface area contributed by atoms with E-state index in [1.807, 2.05) is 0 Å². The van der Waals surface area contributed by atoms with Gasteiger partial charge in [-0.1, -0.05) is 17.7 Å². The molecule has 1 aliphatic rings. The average molecular weight is 275 g/mol. The van der Waals surface area contributed by atoms with E-state index < -0.39 is 0 Å². The van der Waals surface area contributed by atoms with Crippen molar-refractivity contribution < 1.29 is 0 Å². The second-order valence-electron chi connectivity index (χ2n) is 5.87. The van der Waals surface area contributed by atoms with E-state index in [1.54, 1.807) is 0 Å². The van der Waals surface area contributed by atoms with Gasteiger partial charge in [-0.15, -0.1) is 0 Å². The van der Waals surface area contributed by atoms with Gasteiger partial charge in [-0.25, -0.2) is 0 Å². The minimum Gasteiger partial charge on any atom is -0.371 e. The third-order valence-corrected chi connectivity index (χ3v) is 4.13. The highest BCUT2D eigenvalue weighted by Crippen LogP contribution is 2.16. The van der Waals surface area contributed by atoms with Crippen molar-refractivity contribution in [1.82, 2.24) is 4.90 Å². The lowest BCUT2D eigenvalue weighted by Gasteiger charge is -2.26. The number of likely N-dealkylation sites (tertiary alicyclic amines) is 1. The van der Waals surface area contributed by atoms with E-state index in [0.717, 1.165) is 26.1 Å². The van der Waals surface area contributed by atoms with Crippen LogP contribution in [0, 0.1) is 6.92 Å². The standard InChI is InChI=1S/C17H29N3/c1-16-6-8-17(9-7-16)20(14-4-10-18)15-5-13-19-11-2-3-12-19/h6-9H,2-5,10-15,18H2,1H3. The number of hydrogen-bond donors (Lipinski definition) is 1. The van der Waals surface area contributed by atoms with E-state index in [1.165, 1.54) is 50.1 Å². The summed E-state index contributed by atoms with van der Waals surface area (Å²) in [5.41, 5.74) is 8.33. The Hall–Kier alpha value is -1.06. The summed E-state index contributed by atoms with van der Waals surface area (Å²) >= 11 is 0. The molecule has 1 aromatic carbocycles. The van der Waals surface area contributed by atoms with Crippen molar-refractivity contribution in [2.75, 3.05) is 44.2 Å². The number of rotatable bonds is 8. The monoisotopic (exact) mass is 275 g/mol. The predicted octanol–water partition coefficient (Wildman–Crippen LogP) is 2.64. The second-order valence-corrected chi connectivity index (χ2v) is 5.87. The minimum atomic E-state index is 0.772. The Kier molecular flexibility index (Phi) is 6.34. The Balaban J connectivity index is 1.84. The largest absolute Gasteiger partial charge is 0.371 e. The highest BCUT2D eigenvalue weighted by molar-refractivity contribution is 5.47. The first-order valence-electron chi connectivity index (χ1n) is 8.03. The molecule has 1 heterocycles. The van der Waals surface area contributed by atoms with E-state index >= 15 is 0 Å². The van der Waals surface area contributed by atoms with Crippen molar-refractivity contribution in [1.29, 1.82) is 0 Å². The minimum absolute atomic E-state index is 0.772. The molecule has 0 saturated carbocycles. The van der Waals surface area contributed by atoms with Crippen molar-refractivity contribution in [3.8, 4) is 0 Å². The fraction of sp³-hybridized carbons (Fsp3) is 0.647. The molecule has 0 aromatic heterocycles. The molecule has 0 unspecified atom stereocenters. The van der Waals surface area contributed by atoms with Gasteiger partial charge < -0.3 is 15.5 Å². The van der Waals surface area contributed by atoms with Crippen LogP contribution >= 0.6 is 0 Å². The maximum Gasteiger partial charge on any atom is 0.0366 e. The van der Waals surface area contributed by atoms with E-state index in [4.69, 9.17) is 5.73 Å². The number of nitrogens with zero attached hydrogens (tertiary/aromatic N) is 2. The molecule has 1 aromatic rings. The zero-order chi connectivity index (χ0) is 14.2. The van der Waals surface area contributed by atoms with Gasteiger partial charge in [0.25, 0.3) is 0 Å². The van der Waals surface area contributed by atoms with Crippen molar-refractivity contribution in [2.45, 2.75) is 32.6 Å². The van der Waals surface area contributed by atoms with Crippen LogP contribution in [0.5, 0.6) is 0 Å². The first-order chi connectivity index (χ1) is 9.79. The summed E-state index contributed by atoms with van der Waals surface area (Å²) in [7, 11) is 0. The number of nitrogens with two attached hydrogens (primary N) is 1. The molecule has 3 heteroatoms. The highest BCUT2D eigenvalue weighted by Gasteiger charge is 2.12. The van der Waals surface area contributed by atoms with Gasteiger partial charge in [0.05, 0.1) is 0 Å². The quantitative estimate of drug-likeness (QED) is 0.791. The Labute approximate surface area is 123 Å². The normalized spacial score (nSPS) is 15.7. The molecule has 0 aliphatic carbocycles. The van der Waals surface area contributed by atoms with Crippen molar-refractivity contribution in [2.24, 2.45) is 5.73 Å². The third-order valence-electron chi connectivity index (χ3n) is 4.13. The molecule has 1 saturated heterocycles. The van der Waals surface area contributed by atoms with Crippen molar-refractivity contribution >= 4 is 5.69 Å². The summed E-state index contributed by atoms with van der Waals surface area (Å²) in [4.78, 5) is 5.08. The van der Waals surface area contributed by atoms with Gasteiger partial charge in [0, 0.05) is 18.8 Å². The number of anilines is 1. The van der Waals surface area contributed by atoms with Gasteiger partial charge in [0.15, 0.2) is 0 Å². The molecule has 0 radical (unpaired) electrons. The molecule has 20 heavy (non-hydrogen) atoms. The van der Waals surface area contributed by atoms with E-state index in [2.05, 4.69) is 41.0 Å². The van der Waals surface area contributed by atoms with Crippen molar-refractivity contribution in [3.63, 3.8) is 0 Å². The predicted molar refractivity (Wildman–Crippen MR) is 87.4 cm³/mol. The van der Waals surface area contributed by atoms with E-state index in [9.17, 15) is 0 Å². The summed E-state index contributed by atoms with van der Waals surface area (Å²) in [6.07, 6.45) is 5.08. The van der Waals surface area contributed by atoms with Crippen LogP contribution in [0.2, 0.25) is 0 Å². The second kappa shape index (κ2) is 8.28. The fourth-order valence-corrected chi connectivity index (χ4v) is 2.90. The van der Waals surface area contributed by atoms with Crippen LogP contribution in [-0.2, 0) is 0 Å². The van der Waals surface area contributed by atoms with Gasteiger partial charge in [-0.2, -0.15) is 0 Å². The van der Waals surface area contributed by atoms with Crippen LogP contribution < -0.4 is 10.6 Å². The first kappa shape index (κ1) is 15.3. The molecule has 0 bridgehead atoms. The third kappa shape index (κ3) is 4.80. The molecule has 0 atom stereocenters. The maximum absolute atomic E-state index is 5.67. The van der Waals surface area contributed by atoms with Crippen LogP contribution in [0.3, 0.4) is 0 Å². The van der Waals surface area contributed by atoms with Gasteiger partial charge in [-0.05, 0) is 70.9 Å². The molecule has 112 valence electrons. The summed E-state index contributed by atoms with van der Waals surface area (Å²) in [6, 6.07) is 8.87. The van der Waals surface area contributed by atoms with Crippen molar-refractivity contribution in [3.05, 3.63) is 29.8 Å². The van der Waals surface area contributed by atoms with Gasteiger partial charge in [-0.3, -0.25) is 0 Å². The fourth-order valence-electron chi connectivity index (χ4n) is 2.90. The Bertz CT molecular complexity index is 368. The summed E-state index contributed by atoms with van der Waals surface area (Å²) < 4.78 is 0. The Morgan fingerprint density at radius 1 is 1.05 bits per heavy atom. The van der Waals surface area contributed by atoms with Crippen LogP contribution in [0.25, 0.3) is 0 Å².